The van der Waals surface area contributed by atoms with Crippen molar-refractivity contribution in [3.63, 3.8) is 0 Å². The average Bonchev–Trinajstić information content (AvgIpc) is 2.95. The summed E-state index contributed by atoms with van der Waals surface area (Å²) in [6.07, 6.45) is 2.28. The molecule has 1 aliphatic heterocycles. The van der Waals surface area contributed by atoms with Gasteiger partial charge in [-0.1, -0.05) is 54.1 Å². The quantitative estimate of drug-likeness (QED) is 0.473. The van der Waals surface area contributed by atoms with Crippen LogP contribution in [-0.4, -0.2) is 17.1 Å². The SMILES string of the molecule is O=C(CCc1ccccc1)Oc1cccc(/C=C2\SC(=O)NC2=O)c1Cl. The first kappa shape index (κ1) is 18.2. The van der Waals surface area contributed by atoms with Crippen LogP contribution in [0.4, 0.5) is 4.79 Å². The molecule has 5 nitrogen and oxygen atoms in total. The van der Waals surface area contributed by atoms with Crippen molar-refractivity contribution in [1.82, 2.24) is 5.32 Å². The normalized spacial score (nSPS) is 15.2. The van der Waals surface area contributed by atoms with Gasteiger partial charge in [-0.2, -0.15) is 0 Å². The molecule has 2 aromatic rings. The molecule has 1 heterocycles. The van der Waals surface area contributed by atoms with Crippen LogP contribution in [0, 0.1) is 0 Å². The van der Waals surface area contributed by atoms with Crippen molar-refractivity contribution in [3.05, 3.63) is 69.6 Å². The summed E-state index contributed by atoms with van der Waals surface area (Å²) in [5, 5.41) is 1.95. The smallest absolute Gasteiger partial charge is 0.311 e. The van der Waals surface area contributed by atoms with E-state index in [2.05, 4.69) is 5.32 Å². The molecule has 1 saturated heterocycles. The molecule has 0 aliphatic carbocycles. The summed E-state index contributed by atoms with van der Waals surface area (Å²) in [4.78, 5) is 35.2. The lowest BCUT2D eigenvalue weighted by Crippen LogP contribution is -2.17. The average molecular weight is 388 g/mol. The number of benzene rings is 2. The van der Waals surface area contributed by atoms with Crippen molar-refractivity contribution in [1.29, 1.82) is 0 Å². The molecule has 3 rings (SSSR count). The highest BCUT2D eigenvalue weighted by atomic mass is 35.5. The van der Waals surface area contributed by atoms with E-state index in [9.17, 15) is 14.4 Å². The summed E-state index contributed by atoms with van der Waals surface area (Å²) < 4.78 is 5.35. The van der Waals surface area contributed by atoms with E-state index in [1.54, 1.807) is 18.2 Å². The summed E-state index contributed by atoms with van der Waals surface area (Å²) in [5.74, 6) is -0.654. The summed E-state index contributed by atoms with van der Waals surface area (Å²) in [7, 11) is 0. The largest absolute Gasteiger partial charge is 0.425 e. The van der Waals surface area contributed by atoms with E-state index in [0.29, 0.717) is 12.0 Å². The Kier molecular flexibility index (Phi) is 5.75. The van der Waals surface area contributed by atoms with Gasteiger partial charge < -0.3 is 4.74 Å². The predicted octanol–water partition coefficient (Wildman–Crippen LogP) is 4.20. The molecule has 7 heteroatoms. The van der Waals surface area contributed by atoms with Gasteiger partial charge in [0, 0.05) is 6.42 Å². The van der Waals surface area contributed by atoms with Crippen LogP contribution in [-0.2, 0) is 16.0 Å². The Balaban J connectivity index is 1.69. The monoisotopic (exact) mass is 387 g/mol. The lowest BCUT2D eigenvalue weighted by atomic mass is 10.1. The number of imide groups is 1. The van der Waals surface area contributed by atoms with Crippen LogP contribution in [0.5, 0.6) is 5.75 Å². The molecule has 2 amide bonds. The van der Waals surface area contributed by atoms with Crippen molar-refractivity contribution in [2.45, 2.75) is 12.8 Å². The Morgan fingerprint density at radius 3 is 2.58 bits per heavy atom. The van der Waals surface area contributed by atoms with Crippen molar-refractivity contribution < 1.29 is 19.1 Å². The second-order valence-corrected chi connectivity index (χ2v) is 6.86. The molecular weight excluding hydrogens is 374 g/mol. The number of ether oxygens (including phenoxy) is 1. The third-order valence-electron chi connectivity index (χ3n) is 3.61. The number of rotatable bonds is 5. The molecule has 132 valence electrons. The summed E-state index contributed by atoms with van der Waals surface area (Å²) in [6, 6.07) is 14.5. The highest BCUT2D eigenvalue weighted by molar-refractivity contribution is 8.18. The van der Waals surface area contributed by atoms with Crippen LogP contribution in [0.1, 0.15) is 17.5 Å². The number of hydrogen-bond donors (Lipinski definition) is 1. The Labute approximate surface area is 159 Å². The minimum atomic E-state index is -0.471. The first-order valence-corrected chi connectivity index (χ1v) is 9.00. The highest BCUT2D eigenvalue weighted by Crippen LogP contribution is 2.33. The molecule has 0 spiro atoms. The minimum Gasteiger partial charge on any atom is -0.425 e. The van der Waals surface area contributed by atoms with Gasteiger partial charge in [0.2, 0.25) is 0 Å². The first-order chi connectivity index (χ1) is 12.5. The van der Waals surface area contributed by atoms with E-state index in [0.717, 1.165) is 17.3 Å². The molecule has 1 N–H and O–H groups in total. The van der Waals surface area contributed by atoms with E-state index in [1.807, 2.05) is 30.3 Å². The lowest BCUT2D eigenvalue weighted by molar-refractivity contribution is -0.134. The Hall–Kier alpha value is -2.57. The number of nitrogens with one attached hydrogen (secondary N) is 1. The Morgan fingerprint density at radius 1 is 1.12 bits per heavy atom. The van der Waals surface area contributed by atoms with Gasteiger partial charge in [0.1, 0.15) is 5.75 Å². The van der Waals surface area contributed by atoms with E-state index < -0.39 is 17.1 Å². The molecule has 0 aromatic heterocycles. The van der Waals surface area contributed by atoms with Crippen molar-refractivity contribution in [2.24, 2.45) is 0 Å². The van der Waals surface area contributed by atoms with Crippen molar-refractivity contribution >= 4 is 46.6 Å². The number of aryl methyl sites for hydroxylation is 1. The van der Waals surface area contributed by atoms with Gasteiger partial charge in [-0.15, -0.1) is 0 Å². The molecule has 0 radical (unpaired) electrons. The number of halogens is 1. The van der Waals surface area contributed by atoms with Gasteiger partial charge in [0.05, 0.1) is 9.93 Å². The van der Waals surface area contributed by atoms with Crippen molar-refractivity contribution in [3.8, 4) is 5.75 Å². The van der Waals surface area contributed by atoms with Gasteiger partial charge in [-0.3, -0.25) is 19.7 Å². The maximum Gasteiger partial charge on any atom is 0.311 e. The van der Waals surface area contributed by atoms with Gasteiger partial charge in [0.15, 0.2) is 0 Å². The zero-order valence-corrected chi connectivity index (χ0v) is 15.1. The van der Waals surface area contributed by atoms with Crippen LogP contribution in [0.2, 0.25) is 5.02 Å². The van der Waals surface area contributed by atoms with Crippen LogP contribution >= 0.6 is 23.4 Å². The van der Waals surface area contributed by atoms with E-state index in [1.165, 1.54) is 6.08 Å². The lowest BCUT2D eigenvalue weighted by Gasteiger charge is -2.08. The third kappa shape index (κ3) is 4.53. The fourth-order valence-electron chi connectivity index (χ4n) is 2.35. The highest BCUT2D eigenvalue weighted by Gasteiger charge is 2.25. The molecule has 0 bridgehead atoms. The fourth-order valence-corrected chi connectivity index (χ4v) is 3.24. The molecule has 1 fully saturated rings. The van der Waals surface area contributed by atoms with Gasteiger partial charge in [-0.05, 0) is 41.5 Å². The van der Waals surface area contributed by atoms with Gasteiger partial charge >= 0.3 is 5.97 Å². The molecule has 2 aromatic carbocycles. The van der Waals surface area contributed by atoms with Crippen molar-refractivity contribution in [2.75, 3.05) is 0 Å². The topological polar surface area (TPSA) is 72.5 Å². The number of carbonyl (C=O) groups excluding carboxylic acids is 3. The van der Waals surface area contributed by atoms with E-state index in [-0.39, 0.29) is 22.1 Å². The summed E-state index contributed by atoms with van der Waals surface area (Å²) in [6.45, 7) is 0. The maximum atomic E-state index is 12.1. The number of amides is 2. The number of thioether (sulfide) groups is 1. The standard InChI is InChI=1S/C19H14ClNO4S/c20-17-13(11-15-18(23)21-19(24)26-15)7-4-8-14(17)25-16(22)10-9-12-5-2-1-3-6-12/h1-8,11H,9-10H2,(H,21,23,24)/b15-11-. The van der Waals surface area contributed by atoms with Crippen LogP contribution in [0.3, 0.4) is 0 Å². The second-order valence-electron chi connectivity index (χ2n) is 5.47. The van der Waals surface area contributed by atoms with E-state index >= 15 is 0 Å². The molecule has 26 heavy (non-hydrogen) atoms. The minimum absolute atomic E-state index is 0.209. The first-order valence-electron chi connectivity index (χ1n) is 7.81. The molecule has 1 aliphatic rings. The molecular formula is C19H14ClNO4S. The summed E-state index contributed by atoms with van der Waals surface area (Å²) in [5.41, 5.74) is 1.54. The summed E-state index contributed by atoms with van der Waals surface area (Å²) >= 11 is 7.08. The van der Waals surface area contributed by atoms with E-state index in [4.69, 9.17) is 16.3 Å². The van der Waals surface area contributed by atoms with Crippen LogP contribution < -0.4 is 10.1 Å². The predicted molar refractivity (Wildman–Crippen MR) is 101 cm³/mol. The maximum absolute atomic E-state index is 12.1. The van der Waals surface area contributed by atoms with Gasteiger partial charge in [0.25, 0.3) is 11.1 Å². The Morgan fingerprint density at radius 2 is 1.88 bits per heavy atom. The molecule has 0 unspecified atom stereocenters. The zero-order valence-electron chi connectivity index (χ0n) is 13.5. The molecule has 0 atom stereocenters. The number of esters is 1. The number of carbonyl (C=O) groups is 3. The van der Waals surface area contributed by atoms with Gasteiger partial charge in [-0.25, -0.2) is 0 Å². The third-order valence-corrected chi connectivity index (χ3v) is 4.82. The number of hydrogen-bond acceptors (Lipinski definition) is 5. The zero-order chi connectivity index (χ0) is 18.5. The fraction of sp³-hybridized carbons (Fsp3) is 0.105. The van der Waals surface area contributed by atoms with Crippen LogP contribution in [0.15, 0.2) is 53.4 Å². The Bertz CT molecular complexity index is 896. The van der Waals surface area contributed by atoms with Crippen LogP contribution in [0.25, 0.3) is 6.08 Å². The molecule has 0 saturated carbocycles. The second kappa shape index (κ2) is 8.21.